The fraction of sp³-hybridized carbons (Fsp3) is 0.182. The maximum Gasteiger partial charge on any atom is 0.127 e. The van der Waals surface area contributed by atoms with Gasteiger partial charge in [0.1, 0.15) is 5.82 Å². The molecule has 0 unspecified atom stereocenters. The van der Waals surface area contributed by atoms with Crippen LogP contribution in [0.25, 0.3) is 0 Å². The molecule has 0 aliphatic rings. The van der Waals surface area contributed by atoms with Crippen molar-refractivity contribution in [1.29, 1.82) is 0 Å². The van der Waals surface area contributed by atoms with Gasteiger partial charge in [0.15, 0.2) is 0 Å². The van der Waals surface area contributed by atoms with Crippen molar-refractivity contribution in [3.63, 3.8) is 0 Å². The van der Waals surface area contributed by atoms with Crippen LogP contribution in [0.1, 0.15) is 16.1 Å². The molecular formula is C11H11FN2S. The molecule has 0 atom stereocenters. The molecule has 15 heavy (non-hydrogen) atoms. The standard InChI is InChI=1S/C11H11FN2S/c12-10-5-8(7-13)1-2-9(10)6-11-14-3-4-15-11/h1-5H,6-7,13H2. The molecule has 1 aromatic carbocycles. The van der Waals surface area contributed by atoms with Gasteiger partial charge in [-0.3, -0.25) is 0 Å². The van der Waals surface area contributed by atoms with Crippen LogP contribution in [0.4, 0.5) is 4.39 Å². The van der Waals surface area contributed by atoms with Crippen LogP contribution in [0.5, 0.6) is 0 Å². The number of hydrogen-bond acceptors (Lipinski definition) is 3. The average molecular weight is 222 g/mol. The van der Waals surface area contributed by atoms with Crippen molar-refractivity contribution in [1.82, 2.24) is 4.98 Å². The Kier molecular flexibility index (Phi) is 3.08. The highest BCUT2D eigenvalue weighted by atomic mass is 32.1. The lowest BCUT2D eigenvalue weighted by molar-refractivity contribution is 0.611. The Morgan fingerprint density at radius 2 is 2.27 bits per heavy atom. The summed E-state index contributed by atoms with van der Waals surface area (Å²) >= 11 is 1.53. The minimum Gasteiger partial charge on any atom is -0.326 e. The van der Waals surface area contributed by atoms with E-state index in [1.807, 2.05) is 11.4 Å². The van der Waals surface area contributed by atoms with Crippen molar-refractivity contribution in [3.05, 3.63) is 51.7 Å². The van der Waals surface area contributed by atoms with Gasteiger partial charge in [-0.25, -0.2) is 9.37 Å². The third-order valence-corrected chi connectivity index (χ3v) is 2.96. The molecule has 0 aliphatic heterocycles. The second-order valence-corrected chi connectivity index (χ2v) is 4.21. The summed E-state index contributed by atoms with van der Waals surface area (Å²) < 4.78 is 13.6. The number of aromatic nitrogens is 1. The molecule has 0 saturated carbocycles. The molecule has 0 amide bonds. The summed E-state index contributed by atoms with van der Waals surface area (Å²) in [4.78, 5) is 4.12. The monoisotopic (exact) mass is 222 g/mol. The Balaban J connectivity index is 2.22. The van der Waals surface area contributed by atoms with Gasteiger partial charge in [-0.2, -0.15) is 0 Å². The predicted molar refractivity (Wildman–Crippen MR) is 59.2 cm³/mol. The summed E-state index contributed by atoms with van der Waals surface area (Å²) in [6.45, 7) is 0.369. The Bertz CT molecular complexity index is 440. The van der Waals surface area contributed by atoms with E-state index >= 15 is 0 Å². The van der Waals surface area contributed by atoms with E-state index in [-0.39, 0.29) is 5.82 Å². The van der Waals surface area contributed by atoms with Crippen LogP contribution in [0.15, 0.2) is 29.8 Å². The zero-order valence-electron chi connectivity index (χ0n) is 8.11. The van der Waals surface area contributed by atoms with Crippen LogP contribution >= 0.6 is 11.3 Å². The molecule has 2 N–H and O–H groups in total. The smallest absolute Gasteiger partial charge is 0.127 e. The molecule has 2 rings (SSSR count). The first kappa shape index (κ1) is 10.3. The fourth-order valence-electron chi connectivity index (χ4n) is 1.36. The maximum absolute atomic E-state index is 13.6. The molecule has 78 valence electrons. The number of thiazole rings is 1. The van der Waals surface area contributed by atoms with Gasteiger partial charge in [-0.05, 0) is 17.2 Å². The Morgan fingerprint density at radius 3 is 2.87 bits per heavy atom. The molecule has 0 fully saturated rings. The lowest BCUT2D eigenvalue weighted by Gasteiger charge is -2.02. The highest BCUT2D eigenvalue weighted by Gasteiger charge is 2.05. The third-order valence-electron chi connectivity index (χ3n) is 2.18. The predicted octanol–water partition coefficient (Wildman–Crippen LogP) is 2.33. The molecule has 2 aromatic rings. The van der Waals surface area contributed by atoms with E-state index in [0.29, 0.717) is 18.5 Å². The number of hydrogen-bond donors (Lipinski definition) is 1. The number of benzene rings is 1. The second kappa shape index (κ2) is 4.51. The number of halogens is 1. The van der Waals surface area contributed by atoms with Crippen LogP contribution in [-0.4, -0.2) is 4.98 Å². The quantitative estimate of drug-likeness (QED) is 0.865. The van der Waals surface area contributed by atoms with Crippen LogP contribution in [0, 0.1) is 5.82 Å². The van der Waals surface area contributed by atoms with Gasteiger partial charge in [-0.1, -0.05) is 12.1 Å². The highest BCUT2D eigenvalue weighted by molar-refractivity contribution is 7.09. The Hall–Kier alpha value is -1.26. The summed E-state index contributed by atoms with van der Waals surface area (Å²) in [7, 11) is 0. The van der Waals surface area contributed by atoms with Gasteiger partial charge in [-0.15, -0.1) is 11.3 Å². The summed E-state index contributed by atoms with van der Waals surface area (Å²) in [5.41, 5.74) is 6.91. The van der Waals surface area contributed by atoms with Crippen molar-refractivity contribution in [2.45, 2.75) is 13.0 Å². The van der Waals surface area contributed by atoms with E-state index in [1.54, 1.807) is 12.3 Å². The zero-order valence-corrected chi connectivity index (χ0v) is 8.93. The van der Waals surface area contributed by atoms with E-state index < -0.39 is 0 Å². The van der Waals surface area contributed by atoms with Crippen molar-refractivity contribution in [3.8, 4) is 0 Å². The van der Waals surface area contributed by atoms with E-state index in [4.69, 9.17) is 5.73 Å². The maximum atomic E-state index is 13.6. The number of nitrogens with two attached hydrogens (primary N) is 1. The number of rotatable bonds is 3. The van der Waals surface area contributed by atoms with Gasteiger partial charge in [0, 0.05) is 24.5 Å². The summed E-state index contributed by atoms with van der Waals surface area (Å²) in [5, 5.41) is 2.82. The lowest BCUT2D eigenvalue weighted by atomic mass is 10.1. The average Bonchev–Trinajstić information content (AvgIpc) is 2.74. The fourth-order valence-corrected chi connectivity index (χ4v) is 2.00. The Labute approximate surface area is 91.6 Å². The third kappa shape index (κ3) is 2.40. The summed E-state index contributed by atoms with van der Waals surface area (Å²) in [5.74, 6) is -0.201. The number of nitrogens with zero attached hydrogens (tertiary/aromatic N) is 1. The van der Waals surface area contributed by atoms with E-state index in [9.17, 15) is 4.39 Å². The van der Waals surface area contributed by atoms with Gasteiger partial charge >= 0.3 is 0 Å². The first-order valence-corrected chi connectivity index (χ1v) is 5.53. The molecule has 4 heteroatoms. The molecule has 2 nitrogen and oxygen atoms in total. The van der Waals surface area contributed by atoms with Crippen molar-refractivity contribution < 1.29 is 4.39 Å². The topological polar surface area (TPSA) is 38.9 Å². The normalized spacial score (nSPS) is 10.5. The minimum absolute atomic E-state index is 0.201. The lowest BCUT2D eigenvalue weighted by Crippen LogP contribution is -1.99. The van der Waals surface area contributed by atoms with Crippen LogP contribution < -0.4 is 5.73 Å². The van der Waals surface area contributed by atoms with Gasteiger partial charge in [0.2, 0.25) is 0 Å². The van der Waals surface area contributed by atoms with Crippen LogP contribution in [-0.2, 0) is 13.0 Å². The Morgan fingerprint density at radius 1 is 1.40 bits per heavy atom. The molecular weight excluding hydrogens is 211 g/mol. The van der Waals surface area contributed by atoms with E-state index in [1.165, 1.54) is 17.4 Å². The van der Waals surface area contributed by atoms with Crippen molar-refractivity contribution >= 4 is 11.3 Å². The first-order chi connectivity index (χ1) is 7.29. The molecule has 0 spiro atoms. The second-order valence-electron chi connectivity index (χ2n) is 3.23. The minimum atomic E-state index is -0.201. The first-order valence-electron chi connectivity index (χ1n) is 4.65. The van der Waals surface area contributed by atoms with Gasteiger partial charge in [0.05, 0.1) is 5.01 Å². The molecule has 0 radical (unpaired) electrons. The molecule has 1 aromatic heterocycles. The molecule has 0 saturated heterocycles. The van der Waals surface area contributed by atoms with Crippen LogP contribution in [0.3, 0.4) is 0 Å². The van der Waals surface area contributed by atoms with Crippen LogP contribution in [0.2, 0.25) is 0 Å². The molecule has 0 aliphatic carbocycles. The van der Waals surface area contributed by atoms with E-state index in [0.717, 1.165) is 10.6 Å². The van der Waals surface area contributed by atoms with Gasteiger partial charge < -0.3 is 5.73 Å². The zero-order chi connectivity index (χ0) is 10.7. The summed E-state index contributed by atoms with van der Waals surface area (Å²) in [6.07, 6.45) is 2.28. The highest BCUT2D eigenvalue weighted by Crippen LogP contribution is 2.16. The molecule has 1 heterocycles. The molecule has 0 bridgehead atoms. The summed E-state index contributed by atoms with van der Waals surface area (Å²) in [6, 6.07) is 5.12. The largest absolute Gasteiger partial charge is 0.326 e. The van der Waals surface area contributed by atoms with E-state index in [2.05, 4.69) is 4.98 Å². The van der Waals surface area contributed by atoms with Gasteiger partial charge in [0.25, 0.3) is 0 Å². The van der Waals surface area contributed by atoms with Crippen molar-refractivity contribution in [2.24, 2.45) is 5.73 Å². The SMILES string of the molecule is NCc1ccc(Cc2nccs2)c(F)c1. The van der Waals surface area contributed by atoms with Crippen molar-refractivity contribution in [2.75, 3.05) is 0 Å².